The Kier molecular flexibility index (Phi) is 4.21. The molecular weight excluding hydrogens is 226 g/mol. The Hall–Kier alpha value is -0.130. The highest BCUT2D eigenvalue weighted by Gasteiger charge is 2.30. The fraction of sp³-hybridized carbons (Fsp3) is 1.00. The zero-order valence-electron chi connectivity index (χ0n) is 9.65. The average Bonchev–Trinajstić information content (AvgIpc) is 2.83. The van der Waals surface area contributed by atoms with Gasteiger partial charge < -0.3 is 10.1 Å². The lowest BCUT2D eigenvalue weighted by Gasteiger charge is -2.12. The van der Waals surface area contributed by atoms with Crippen LogP contribution in [0.5, 0.6) is 0 Å². The molecule has 2 fully saturated rings. The standard InChI is InChI=1S/C11H21NO3S/c13-16(14)8-2-4-11(16)9-12-6-5-10-3-1-7-15-10/h10-12H,1-9H2. The zero-order valence-corrected chi connectivity index (χ0v) is 10.5. The number of rotatable bonds is 5. The highest BCUT2D eigenvalue weighted by atomic mass is 32.2. The summed E-state index contributed by atoms with van der Waals surface area (Å²) in [5.41, 5.74) is 0. The van der Waals surface area contributed by atoms with Crippen molar-refractivity contribution in [1.82, 2.24) is 5.32 Å². The summed E-state index contributed by atoms with van der Waals surface area (Å²) >= 11 is 0. The van der Waals surface area contributed by atoms with Crippen LogP contribution in [-0.2, 0) is 14.6 Å². The molecule has 1 N–H and O–H groups in total. The molecule has 2 aliphatic heterocycles. The molecule has 2 atom stereocenters. The van der Waals surface area contributed by atoms with E-state index in [0.717, 1.165) is 38.8 Å². The van der Waals surface area contributed by atoms with E-state index in [-0.39, 0.29) is 5.25 Å². The maximum absolute atomic E-state index is 11.5. The van der Waals surface area contributed by atoms with Gasteiger partial charge in [0.1, 0.15) is 0 Å². The molecule has 0 radical (unpaired) electrons. The van der Waals surface area contributed by atoms with Crippen molar-refractivity contribution in [2.75, 3.05) is 25.4 Å². The Morgan fingerprint density at radius 3 is 2.75 bits per heavy atom. The van der Waals surface area contributed by atoms with Crippen LogP contribution in [-0.4, -0.2) is 45.2 Å². The lowest BCUT2D eigenvalue weighted by molar-refractivity contribution is 0.104. The van der Waals surface area contributed by atoms with Crippen LogP contribution >= 0.6 is 0 Å². The Bertz CT molecular complexity index is 309. The highest BCUT2D eigenvalue weighted by Crippen LogP contribution is 2.19. The number of nitrogens with one attached hydrogen (secondary N) is 1. The van der Waals surface area contributed by atoms with Crippen molar-refractivity contribution in [3.05, 3.63) is 0 Å². The van der Waals surface area contributed by atoms with Crippen LogP contribution in [0.15, 0.2) is 0 Å². The number of hydrogen-bond donors (Lipinski definition) is 1. The van der Waals surface area contributed by atoms with Crippen molar-refractivity contribution in [3.8, 4) is 0 Å². The second-order valence-corrected chi connectivity index (χ2v) is 7.16. The third-order valence-corrected chi connectivity index (χ3v) is 5.78. The van der Waals surface area contributed by atoms with Gasteiger partial charge in [0.05, 0.1) is 17.1 Å². The van der Waals surface area contributed by atoms with Crippen LogP contribution < -0.4 is 5.32 Å². The van der Waals surface area contributed by atoms with Crippen LogP contribution in [0.1, 0.15) is 32.1 Å². The molecule has 2 unspecified atom stereocenters. The minimum atomic E-state index is -2.78. The van der Waals surface area contributed by atoms with Gasteiger partial charge in [-0.3, -0.25) is 0 Å². The first kappa shape index (κ1) is 12.3. The zero-order chi connectivity index (χ0) is 11.4. The topological polar surface area (TPSA) is 55.4 Å². The first-order chi connectivity index (χ1) is 7.68. The third-order valence-electron chi connectivity index (χ3n) is 3.50. The quantitative estimate of drug-likeness (QED) is 0.727. The molecule has 16 heavy (non-hydrogen) atoms. The summed E-state index contributed by atoms with van der Waals surface area (Å²) in [5, 5.41) is 3.11. The van der Waals surface area contributed by atoms with Gasteiger partial charge in [0.2, 0.25) is 0 Å². The van der Waals surface area contributed by atoms with Crippen molar-refractivity contribution < 1.29 is 13.2 Å². The number of hydrogen-bond acceptors (Lipinski definition) is 4. The molecule has 0 aliphatic carbocycles. The Morgan fingerprint density at radius 1 is 1.25 bits per heavy atom. The first-order valence-electron chi connectivity index (χ1n) is 6.22. The molecule has 0 bridgehead atoms. The number of sulfone groups is 1. The predicted molar refractivity (Wildman–Crippen MR) is 63.3 cm³/mol. The van der Waals surface area contributed by atoms with Gasteiger partial charge in [-0.05, 0) is 38.6 Å². The molecule has 0 spiro atoms. The molecule has 0 aromatic rings. The Labute approximate surface area is 97.7 Å². The smallest absolute Gasteiger partial charge is 0.154 e. The molecule has 0 saturated carbocycles. The summed E-state index contributed by atoms with van der Waals surface area (Å²) in [7, 11) is -2.78. The molecule has 0 aromatic heterocycles. The van der Waals surface area contributed by atoms with Crippen LogP contribution in [0.3, 0.4) is 0 Å². The largest absolute Gasteiger partial charge is 0.378 e. The molecule has 2 rings (SSSR count). The second-order valence-electron chi connectivity index (χ2n) is 4.76. The fourth-order valence-electron chi connectivity index (χ4n) is 2.49. The number of ether oxygens (including phenoxy) is 1. The molecule has 4 nitrogen and oxygen atoms in total. The van der Waals surface area contributed by atoms with Crippen LogP contribution in [0.25, 0.3) is 0 Å². The monoisotopic (exact) mass is 247 g/mol. The predicted octanol–water partition coefficient (Wildman–Crippen LogP) is 0.722. The molecule has 2 aliphatic rings. The molecule has 2 heterocycles. The van der Waals surface area contributed by atoms with Crippen molar-refractivity contribution in [1.29, 1.82) is 0 Å². The SMILES string of the molecule is O=S1(=O)CCCC1CNCCC1CCCO1. The molecule has 0 aromatic carbocycles. The maximum Gasteiger partial charge on any atom is 0.154 e. The lowest BCUT2D eigenvalue weighted by Crippen LogP contribution is -2.32. The normalized spacial score (nSPS) is 33.2. The molecule has 2 saturated heterocycles. The van der Waals surface area contributed by atoms with E-state index in [4.69, 9.17) is 4.74 Å². The van der Waals surface area contributed by atoms with Gasteiger partial charge >= 0.3 is 0 Å². The van der Waals surface area contributed by atoms with Crippen LogP contribution in [0, 0.1) is 0 Å². The maximum atomic E-state index is 11.5. The molecular formula is C11H21NO3S. The van der Waals surface area contributed by atoms with Crippen molar-refractivity contribution in [3.63, 3.8) is 0 Å². The summed E-state index contributed by atoms with van der Waals surface area (Å²) in [6, 6.07) is 0. The van der Waals surface area contributed by atoms with E-state index in [2.05, 4.69) is 5.32 Å². The summed E-state index contributed by atoms with van der Waals surface area (Å²) in [6.45, 7) is 2.38. The van der Waals surface area contributed by atoms with Crippen LogP contribution in [0.4, 0.5) is 0 Å². The van der Waals surface area contributed by atoms with Gasteiger partial charge in [-0.25, -0.2) is 8.42 Å². The third kappa shape index (κ3) is 3.18. The van der Waals surface area contributed by atoms with Crippen molar-refractivity contribution >= 4 is 9.84 Å². The van der Waals surface area contributed by atoms with Gasteiger partial charge in [-0.2, -0.15) is 0 Å². The highest BCUT2D eigenvalue weighted by molar-refractivity contribution is 7.92. The van der Waals surface area contributed by atoms with Crippen molar-refractivity contribution in [2.24, 2.45) is 0 Å². The van der Waals surface area contributed by atoms with Gasteiger partial charge in [0.25, 0.3) is 0 Å². The summed E-state index contributed by atoms with van der Waals surface area (Å²) in [5.74, 6) is 0.380. The van der Waals surface area contributed by atoms with E-state index < -0.39 is 9.84 Å². The van der Waals surface area contributed by atoms with Gasteiger partial charge in [0.15, 0.2) is 9.84 Å². The van der Waals surface area contributed by atoms with E-state index in [1.807, 2.05) is 0 Å². The van der Waals surface area contributed by atoms with Gasteiger partial charge in [0, 0.05) is 13.2 Å². The Balaban J connectivity index is 1.61. The van der Waals surface area contributed by atoms with Crippen LogP contribution in [0.2, 0.25) is 0 Å². The molecule has 0 amide bonds. The fourth-order valence-corrected chi connectivity index (χ4v) is 4.29. The first-order valence-corrected chi connectivity index (χ1v) is 7.94. The van der Waals surface area contributed by atoms with E-state index in [1.165, 1.54) is 6.42 Å². The van der Waals surface area contributed by atoms with Gasteiger partial charge in [-0.1, -0.05) is 0 Å². The van der Waals surface area contributed by atoms with Gasteiger partial charge in [-0.15, -0.1) is 0 Å². The summed E-state index contributed by atoms with van der Waals surface area (Å²) in [4.78, 5) is 0. The lowest BCUT2D eigenvalue weighted by atomic mass is 10.2. The van der Waals surface area contributed by atoms with E-state index in [0.29, 0.717) is 18.4 Å². The summed E-state index contributed by atoms with van der Waals surface area (Å²) < 4.78 is 28.6. The molecule has 5 heteroatoms. The second kappa shape index (κ2) is 5.47. The molecule has 94 valence electrons. The van der Waals surface area contributed by atoms with E-state index in [1.54, 1.807) is 0 Å². The Morgan fingerprint density at radius 2 is 2.12 bits per heavy atom. The van der Waals surface area contributed by atoms with E-state index in [9.17, 15) is 8.42 Å². The average molecular weight is 247 g/mol. The minimum Gasteiger partial charge on any atom is -0.378 e. The minimum absolute atomic E-state index is 0.142. The van der Waals surface area contributed by atoms with E-state index >= 15 is 0 Å². The summed E-state index contributed by atoms with van der Waals surface area (Å²) in [6.07, 6.45) is 5.39. The van der Waals surface area contributed by atoms with Crippen molar-refractivity contribution in [2.45, 2.75) is 43.5 Å².